The Labute approximate surface area is 123 Å². The first-order valence-electron chi connectivity index (χ1n) is 5.73. The Bertz CT molecular complexity index is 689. The Hall–Kier alpha value is -2.15. The molecule has 1 aromatic carbocycles. The lowest BCUT2D eigenvalue weighted by atomic mass is 10.1. The summed E-state index contributed by atoms with van der Waals surface area (Å²) in [5.74, 6) is 0.0485. The molecule has 0 unspecified atom stereocenters. The number of halogens is 4. The van der Waals surface area contributed by atoms with E-state index in [1.165, 1.54) is 6.07 Å². The highest BCUT2D eigenvalue weighted by molar-refractivity contribution is 6.32. The van der Waals surface area contributed by atoms with Crippen molar-refractivity contribution in [3.8, 4) is 0 Å². The van der Waals surface area contributed by atoms with Gasteiger partial charge in [-0.1, -0.05) is 17.7 Å². The van der Waals surface area contributed by atoms with Crippen LogP contribution in [0, 0.1) is 6.92 Å². The number of anilines is 2. The van der Waals surface area contributed by atoms with Crippen LogP contribution in [-0.2, 0) is 6.18 Å². The second-order valence-corrected chi connectivity index (χ2v) is 4.56. The third kappa shape index (κ3) is 3.30. The average Bonchev–Trinajstić information content (AvgIpc) is 2.40. The highest BCUT2D eigenvalue weighted by Crippen LogP contribution is 2.33. The SMILES string of the molecule is Cc1ccc(C(F)(F)F)cc1Nc1ncnc(Cl)c1C=O. The Morgan fingerprint density at radius 1 is 1.29 bits per heavy atom. The minimum atomic E-state index is -4.46. The molecule has 0 saturated carbocycles. The van der Waals surface area contributed by atoms with Crippen molar-refractivity contribution in [2.45, 2.75) is 13.1 Å². The van der Waals surface area contributed by atoms with Gasteiger partial charge in [0.25, 0.3) is 0 Å². The van der Waals surface area contributed by atoms with Gasteiger partial charge in [0.1, 0.15) is 17.3 Å². The van der Waals surface area contributed by atoms with Crippen molar-refractivity contribution in [3.63, 3.8) is 0 Å². The third-order valence-electron chi connectivity index (χ3n) is 2.77. The summed E-state index contributed by atoms with van der Waals surface area (Å²) in [6, 6.07) is 3.25. The molecule has 4 nitrogen and oxygen atoms in total. The van der Waals surface area contributed by atoms with Gasteiger partial charge in [0.05, 0.1) is 11.1 Å². The van der Waals surface area contributed by atoms with E-state index in [0.29, 0.717) is 11.8 Å². The second kappa shape index (κ2) is 5.69. The van der Waals surface area contributed by atoms with Crippen LogP contribution in [0.3, 0.4) is 0 Å². The molecular weight excluding hydrogens is 307 g/mol. The van der Waals surface area contributed by atoms with E-state index in [4.69, 9.17) is 11.6 Å². The first-order chi connectivity index (χ1) is 9.82. The van der Waals surface area contributed by atoms with Crippen molar-refractivity contribution >= 4 is 29.4 Å². The number of hydrogen-bond acceptors (Lipinski definition) is 4. The Balaban J connectivity index is 2.45. The summed E-state index contributed by atoms with van der Waals surface area (Å²) in [5, 5.41) is 2.60. The smallest absolute Gasteiger partial charge is 0.339 e. The predicted molar refractivity (Wildman–Crippen MR) is 71.9 cm³/mol. The largest absolute Gasteiger partial charge is 0.416 e. The van der Waals surface area contributed by atoms with Crippen molar-refractivity contribution < 1.29 is 18.0 Å². The van der Waals surface area contributed by atoms with Crippen molar-refractivity contribution in [3.05, 3.63) is 46.4 Å². The van der Waals surface area contributed by atoms with Gasteiger partial charge in [0, 0.05) is 5.69 Å². The zero-order chi connectivity index (χ0) is 15.6. The fraction of sp³-hybridized carbons (Fsp3) is 0.154. The van der Waals surface area contributed by atoms with E-state index in [-0.39, 0.29) is 22.2 Å². The molecule has 0 amide bonds. The highest BCUT2D eigenvalue weighted by Gasteiger charge is 2.30. The summed E-state index contributed by atoms with van der Waals surface area (Å²) in [4.78, 5) is 18.4. The number of carbonyl (C=O) groups excluding carboxylic acids is 1. The van der Waals surface area contributed by atoms with Crippen LogP contribution in [0.2, 0.25) is 5.15 Å². The minimum Gasteiger partial charge on any atom is -0.339 e. The lowest BCUT2D eigenvalue weighted by molar-refractivity contribution is -0.137. The minimum absolute atomic E-state index is 0.0176. The van der Waals surface area contributed by atoms with Gasteiger partial charge in [0.15, 0.2) is 6.29 Å². The molecule has 0 aliphatic rings. The van der Waals surface area contributed by atoms with Gasteiger partial charge < -0.3 is 5.32 Å². The molecule has 1 N–H and O–H groups in total. The molecule has 0 fully saturated rings. The molecular formula is C13H9ClF3N3O. The number of aldehydes is 1. The van der Waals surface area contributed by atoms with Gasteiger partial charge in [-0.2, -0.15) is 13.2 Å². The zero-order valence-electron chi connectivity index (χ0n) is 10.7. The van der Waals surface area contributed by atoms with Crippen LogP contribution < -0.4 is 5.32 Å². The van der Waals surface area contributed by atoms with Crippen LogP contribution in [-0.4, -0.2) is 16.3 Å². The predicted octanol–water partition coefficient (Wildman–Crippen LogP) is 4.01. The molecule has 0 spiro atoms. The Morgan fingerprint density at radius 2 is 2.00 bits per heavy atom. The quantitative estimate of drug-likeness (QED) is 0.686. The molecule has 0 saturated heterocycles. The molecule has 0 radical (unpaired) electrons. The first kappa shape index (κ1) is 15.2. The number of aryl methyl sites for hydroxylation is 1. The third-order valence-corrected chi connectivity index (χ3v) is 3.07. The fourth-order valence-corrected chi connectivity index (χ4v) is 1.82. The number of alkyl halides is 3. The maximum Gasteiger partial charge on any atom is 0.416 e. The summed E-state index contributed by atoms with van der Waals surface area (Å²) >= 11 is 5.74. The second-order valence-electron chi connectivity index (χ2n) is 4.20. The number of benzene rings is 1. The molecule has 110 valence electrons. The van der Waals surface area contributed by atoms with Gasteiger partial charge in [0.2, 0.25) is 0 Å². The standard InChI is InChI=1S/C13H9ClF3N3O/c1-7-2-3-8(13(15,16)17)4-10(7)20-12-9(5-21)11(14)18-6-19-12/h2-6H,1H3,(H,18,19,20). The number of hydrogen-bond donors (Lipinski definition) is 1. The van der Waals surface area contributed by atoms with Crippen LogP contribution in [0.25, 0.3) is 0 Å². The summed E-state index contributed by atoms with van der Waals surface area (Å²) in [5.41, 5.74) is -0.0725. The Kier molecular flexibility index (Phi) is 4.13. The number of nitrogens with one attached hydrogen (secondary N) is 1. The molecule has 2 aromatic rings. The van der Waals surface area contributed by atoms with E-state index in [2.05, 4.69) is 15.3 Å². The van der Waals surface area contributed by atoms with E-state index in [9.17, 15) is 18.0 Å². The van der Waals surface area contributed by atoms with Crippen molar-refractivity contribution in [1.29, 1.82) is 0 Å². The number of rotatable bonds is 3. The van der Waals surface area contributed by atoms with Gasteiger partial charge in [-0.15, -0.1) is 0 Å². The van der Waals surface area contributed by atoms with Crippen molar-refractivity contribution in [2.75, 3.05) is 5.32 Å². The Morgan fingerprint density at radius 3 is 2.62 bits per heavy atom. The van der Waals surface area contributed by atoms with Crippen LogP contribution in [0.1, 0.15) is 21.5 Å². The van der Waals surface area contributed by atoms with Gasteiger partial charge in [-0.25, -0.2) is 9.97 Å². The molecule has 1 heterocycles. The summed E-state index contributed by atoms with van der Waals surface area (Å²) < 4.78 is 38.2. The molecule has 21 heavy (non-hydrogen) atoms. The van der Waals surface area contributed by atoms with E-state index >= 15 is 0 Å². The molecule has 1 aromatic heterocycles. The van der Waals surface area contributed by atoms with E-state index in [0.717, 1.165) is 18.5 Å². The molecule has 8 heteroatoms. The lowest BCUT2D eigenvalue weighted by Crippen LogP contribution is -2.07. The van der Waals surface area contributed by atoms with Crippen LogP contribution in [0.4, 0.5) is 24.7 Å². The van der Waals surface area contributed by atoms with Crippen molar-refractivity contribution in [2.24, 2.45) is 0 Å². The van der Waals surface area contributed by atoms with Crippen molar-refractivity contribution in [1.82, 2.24) is 9.97 Å². The molecule has 0 bridgehead atoms. The summed E-state index contributed by atoms with van der Waals surface area (Å²) in [7, 11) is 0. The number of nitrogens with zero attached hydrogens (tertiary/aromatic N) is 2. The van der Waals surface area contributed by atoms with Gasteiger partial charge >= 0.3 is 6.18 Å². The normalized spacial score (nSPS) is 11.3. The zero-order valence-corrected chi connectivity index (χ0v) is 11.5. The van der Waals surface area contributed by atoms with Crippen LogP contribution in [0.15, 0.2) is 24.5 Å². The number of carbonyl (C=O) groups is 1. The van der Waals surface area contributed by atoms with E-state index in [1.807, 2.05) is 0 Å². The van der Waals surface area contributed by atoms with Crippen LogP contribution >= 0.6 is 11.6 Å². The van der Waals surface area contributed by atoms with Crippen LogP contribution in [0.5, 0.6) is 0 Å². The first-order valence-corrected chi connectivity index (χ1v) is 6.11. The summed E-state index contributed by atoms with van der Waals surface area (Å²) in [6.45, 7) is 1.63. The van der Waals surface area contributed by atoms with Gasteiger partial charge in [-0.3, -0.25) is 4.79 Å². The van der Waals surface area contributed by atoms with E-state index < -0.39 is 11.7 Å². The fourth-order valence-electron chi connectivity index (χ4n) is 1.64. The molecule has 0 atom stereocenters. The lowest BCUT2D eigenvalue weighted by Gasteiger charge is -2.13. The molecule has 2 rings (SSSR count). The summed E-state index contributed by atoms with van der Waals surface area (Å²) in [6.07, 6.45) is -2.91. The number of aromatic nitrogens is 2. The molecule has 0 aliphatic heterocycles. The molecule has 0 aliphatic carbocycles. The van der Waals surface area contributed by atoms with Gasteiger partial charge in [-0.05, 0) is 24.6 Å². The highest BCUT2D eigenvalue weighted by atomic mass is 35.5. The average molecular weight is 316 g/mol. The maximum absolute atomic E-state index is 12.7. The maximum atomic E-state index is 12.7. The van der Waals surface area contributed by atoms with E-state index in [1.54, 1.807) is 6.92 Å². The monoisotopic (exact) mass is 315 g/mol. The topological polar surface area (TPSA) is 54.9 Å².